The lowest BCUT2D eigenvalue weighted by molar-refractivity contribution is -0.140. The van der Waals surface area contributed by atoms with Gasteiger partial charge in [0, 0.05) is 16.1 Å². The maximum Gasteiger partial charge on any atom is 0.305 e. The number of methoxy groups -OCH3 is 1. The van der Waals surface area contributed by atoms with E-state index in [9.17, 15) is 13.2 Å². The summed E-state index contributed by atoms with van der Waals surface area (Å²) >= 11 is 7.45. The molecule has 0 unspecified atom stereocenters. The van der Waals surface area contributed by atoms with Crippen LogP contribution >= 0.6 is 22.9 Å². The van der Waals surface area contributed by atoms with Crippen molar-refractivity contribution in [3.63, 3.8) is 0 Å². The highest BCUT2D eigenvalue weighted by Gasteiger charge is 2.24. The highest BCUT2D eigenvalue weighted by Crippen LogP contribution is 2.30. The minimum Gasteiger partial charge on any atom is -0.469 e. The fourth-order valence-corrected chi connectivity index (χ4v) is 5.68. The molecule has 0 atom stereocenters. The normalized spacial score (nSPS) is 11.9. The summed E-state index contributed by atoms with van der Waals surface area (Å²) in [7, 11) is -2.59. The van der Waals surface area contributed by atoms with Crippen molar-refractivity contribution in [2.45, 2.75) is 17.7 Å². The Hall–Kier alpha value is -2.42. The van der Waals surface area contributed by atoms with E-state index < -0.39 is 16.0 Å². The fraction of sp³-hybridized carbons (Fsp3) is 0.158. The Morgan fingerprint density at radius 2 is 2.04 bits per heavy atom. The second kappa shape index (κ2) is 7.20. The number of fused-ring (bicyclic) bond motifs is 2. The zero-order valence-electron chi connectivity index (χ0n) is 14.8. The number of carbonyl (C=O) groups excluding carboxylic acids is 1. The number of halogens is 1. The Morgan fingerprint density at radius 3 is 2.82 bits per heavy atom. The molecule has 0 aliphatic rings. The predicted octanol–water partition coefficient (Wildman–Crippen LogP) is 4.25. The van der Waals surface area contributed by atoms with Gasteiger partial charge in [0.25, 0.3) is 10.0 Å². The average molecular weight is 435 g/mol. The molecule has 0 aliphatic carbocycles. The summed E-state index contributed by atoms with van der Waals surface area (Å²) in [6.07, 6.45) is 0.297. The maximum atomic E-state index is 13.5. The number of esters is 1. The van der Waals surface area contributed by atoms with Gasteiger partial charge in [0.15, 0.2) is 0 Å². The molecule has 28 heavy (non-hydrogen) atoms. The van der Waals surface area contributed by atoms with Crippen molar-refractivity contribution in [3.8, 4) is 0 Å². The van der Waals surface area contributed by atoms with Crippen LogP contribution in [0.1, 0.15) is 12.1 Å². The van der Waals surface area contributed by atoms with E-state index in [2.05, 4.69) is 4.98 Å². The molecule has 0 spiro atoms. The van der Waals surface area contributed by atoms with Crippen molar-refractivity contribution in [2.75, 3.05) is 7.11 Å². The third-order valence-electron chi connectivity index (χ3n) is 4.45. The van der Waals surface area contributed by atoms with E-state index in [-0.39, 0.29) is 17.7 Å². The molecule has 0 N–H and O–H groups in total. The molecule has 0 aliphatic heterocycles. The smallest absolute Gasteiger partial charge is 0.305 e. The molecular formula is C19H15ClN2O4S2. The number of hydrogen-bond acceptors (Lipinski definition) is 6. The summed E-state index contributed by atoms with van der Waals surface area (Å²) in [6.45, 7) is 0. The molecule has 0 bridgehead atoms. The lowest BCUT2D eigenvalue weighted by atomic mass is 10.2. The first kappa shape index (κ1) is 18.9. The highest BCUT2D eigenvalue weighted by molar-refractivity contribution is 7.90. The largest absolute Gasteiger partial charge is 0.469 e. The predicted molar refractivity (Wildman–Crippen MR) is 109 cm³/mol. The summed E-state index contributed by atoms with van der Waals surface area (Å²) in [5.74, 6) is -0.404. The Balaban J connectivity index is 1.90. The van der Waals surface area contributed by atoms with Crippen molar-refractivity contribution >= 4 is 60.0 Å². The van der Waals surface area contributed by atoms with Crippen LogP contribution in [0.15, 0.2) is 52.9 Å². The van der Waals surface area contributed by atoms with Crippen LogP contribution in [0, 0.1) is 0 Å². The molecule has 0 amide bonds. The SMILES string of the molecule is COC(=O)CCc1cc2cc(Cl)ccc2n1S(=O)(=O)c1ccc2ncsc2c1. The summed E-state index contributed by atoms with van der Waals surface area (Å²) in [6, 6.07) is 11.6. The molecule has 4 rings (SSSR count). The van der Waals surface area contributed by atoms with E-state index in [4.69, 9.17) is 16.3 Å². The van der Waals surface area contributed by atoms with Crippen LogP contribution in [-0.2, 0) is 26.0 Å². The number of rotatable bonds is 5. The van der Waals surface area contributed by atoms with Crippen LogP contribution in [0.2, 0.25) is 5.02 Å². The number of ether oxygens (including phenoxy) is 1. The molecule has 144 valence electrons. The van der Waals surface area contributed by atoms with Crippen molar-refractivity contribution in [3.05, 3.63) is 58.7 Å². The molecule has 4 aromatic rings. The molecule has 0 saturated heterocycles. The van der Waals surface area contributed by atoms with Gasteiger partial charge in [0.1, 0.15) is 0 Å². The number of carbonyl (C=O) groups is 1. The molecule has 9 heteroatoms. The number of nitrogens with zero attached hydrogens (tertiary/aromatic N) is 2. The molecule has 0 radical (unpaired) electrons. The summed E-state index contributed by atoms with van der Waals surface area (Å²) in [5.41, 5.74) is 3.43. The third-order valence-corrected chi connectivity index (χ3v) is 7.23. The van der Waals surface area contributed by atoms with Crippen molar-refractivity contribution in [2.24, 2.45) is 0 Å². The fourth-order valence-electron chi connectivity index (χ4n) is 3.11. The second-order valence-corrected chi connectivity index (χ2v) is 9.28. The van der Waals surface area contributed by atoms with E-state index in [1.54, 1.807) is 48.0 Å². The van der Waals surface area contributed by atoms with Gasteiger partial charge < -0.3 is 4.74 Å². The Labute approximate surface area is 170 Å². The maximum absolute atomic E-state index is 13.5. The van der Waals surface area contributed by atoms with Gasteiger partial charge in [0.05, 0.1) is 39.7 Å². The van der Waals surface area contributed by atoms with Gasteiger partial charge in [-0.25, -0.2) is 17.4 Å². The number of aromatic nitrogens is 2. The molecule has 0 saturated carbocycles. The molecule has 6 nitrogen and oxygen atoms in total. The van der Waals surface area contributed by atoms with Gasteiger partial charge in [-0.1, -0.05) is 11.6 Å². The molecule has 0 fully saturated rings. The van der Waals surface area contributed by atoms with Gasteiger partial charge in [-0.3, -0.25) is 4.79 Å². The highest BCUT2D eigenvalue weighted by atomic mass is 35.5. The van der Waals surface area contributed by atoms with E-state index in [0.29, 0.717) is 21.6 Å². The van der Waals surface area contributed by atoms with Crippen LogP contribution in [0.5, 0.6) is 0 Å². The standard InChI is InChI=1S/C19H15ClN2O4S2/c1-26-19(23)7-3-14-9-12-8-13(20)2-6-17(12)22(14)28(24,25)15-4-5-16-18(10-15)27-11-21-16/h2,4-6,8-11H,3,7H2,1H3. The zero-order chi connectivity index (χ0) is 19.9. The van der Waals surface area contributed by atoms with E-state index in [1.165, 1.54) is 22.4 Å². The monoisotopic (exact) mass is 434 g/mol. The zero-order valence-corrected chi connectivity index (χ0v) is 17.1. The van der Waals surface area contributed by atoms with Crippen LogP contribution in [0.4, 0.5) is 0 Å². The summed E-state index contributed by atoms with van der Waals surface area (Å²) < 4.78 is 33.7. The molecule has 2 aromatic heterocycles. The quantitative estimate of drug-likeness (QED) is 0.439. The summed E-state index contributed by atoms with van der Waals surface area (Å²) in [4.78, 5) is 15.9. The second-order valence-electron chi connectivity index (χ2n) is 6.17. The van der Waals surface area contributed by atoms with Gasteiger partial charge in [0.2, 0.25) is 0 Å². The molecule has 2 aromatic carbocycles. The number of hydrogen-bond donors (Lipinski definition) is 0. The van der Waals surface area contributed by atoms with Gasteiger partial charge in [-0.15, -0.1) is 11.3 Å². The lowest BCUT2D eigenvalue weighted by Crippen LogP contribution is -2.16. The van der Waals surface area contributed by atoms with E-state index >= 15 is 0 Å². The molecular weight excluding hydrogens is 420 g/mol. The Kier molecular flexibility index (Phi) is 4.86. The van der Waals surface area contributed by atoms with Crippen LogP contribution in [0.25, 0.3) is 21.1 Å². The Morgan fingerprint density at radius 1 is 1.21 bits per heavy atom. The van der Waals surface area contributed by atoms with Gasteiger partial charge in [-0.2, -0.15) is 0 Å². The number of thiazole rings is 1. The van der Waals surface area contributed by atoms with Crippen molar-refractivity contribution in [1.29, 1.82) is 0 Å². The van der Waals surface area contributed by atoms with E-state index in [0.717, 1.165) is 10.2 Å². The first-order valence-corrected chi connectivity index (χ1v) is 11.1. The first-order chi connectivity index (χ1) is 13.4. The van der Waals surface area contributed by atoms with Crippen LogP contribution in [-0.4, -0.2) is 30.5 Å². The number of benzene rings is 2. The van der Waals surface area contributed by atoms with Gasteiger partial charge >= 0.3 is 5.97 Å². The third kappa shape index (κ3) is 3.28. The Bertz CT molecular complexity index is 1310. The first-order valence-electron chi connectivity index (χ1n) is 8.35. The van der Waals surface area contributed by atoms with Crippen LogP contribution < -0.4 is 0 Å². The van der Waals surface area contributed by atoms with Crippen molar-refractivity contribution < 1.29 is 17.9 Å². The van der Waals surface area contributed by atoms with Crippen LogP contribution in [0.3, 0.4) is 0 Å². The van der Waals surface area contributed by atoms with Crippen molar-refractivity contribution in [1.82, 2.24) is 8.96 Å². The topological polar surface area (TPSA) is 78.3 Å². The number of aryl methyl sites for hydroxylation is 1. The minimum atomic E-state index is -3.89. The lowest BCUT2D eigenvalue weighted by Gasteiger charge is -2.12. The average Bonchev–Trinajstić information content (AvgIpc) is 3.29. The van der Waals surface area contributed by atoms with Gasteiger partial charge in [-0.05, 0) is 48.9 Å². The minimum absolute atomic E-state index is 0.0734. The van der Waals surface area contributed by atoms with E-state index in [1.807, 2.05) is 0 Å². The molecule has 2 heterocycles. The summed E-state index contributed by atoms with van der Waals surface area (Å²) in [5, 5.41) is 1.20.